The Morgan fingerprint density at radius 1 is 1.26 bits per heavy atom. The predicted octanol–water partition coefficient (Wildman–Crippen LogP) is 3.13. The summed E-state index contributed by atoms with van der Waals surface area (Å²) >= 11 is 5.93. The highest BCUT2D eigenvalue weighted by Gasteiger charge is 2.35. The highest BCUT2D eigenvalue weighted by Crippen LogP contribution is 2.40. The molecular weight excluding hydrogens is 262 g/mol. The quantitative estimate of drug-likeness (QED) is 0.800. The zero-order valence-corrected chi connectivity index (χ0v) is 11.5. The van der Waals surface area contributed by atoms with E-state index in [1.807, 2.05) is 31.2 Å². The number of carbonyl (C=O) groups excluding carboxylic acids is 1. The van der Waals surface area contributed by atoms with Crippen LogP contribution in [0.3, 0.4) is 0 Å². The molecule has 0 bridgehead atoms. The maximum atomic E-state index is 11.7. The van der Waals surface area contributed by atoms with Crippen LogP contribution in [0.4, 0.5) is 0 Å². The van der Waals surface area contributed by atoms with Gasteiger partial charge < -0.3 is 10.1 Å². The molecule has 0 fully saturated rings. The van der Waals surface area contributed by atoms with E-state index in [0.717, 1.165) is 16.8 Å². The minimum atomic E-state index is -0.263. The number of rotatable bonds is 1. The molecule has 1 atom stereocenters. The van der Waals surface area contributed by atoms with Crippen LogP contribution in [0, 0.1) is 0 Å². The molecule has 0 spiro atoms. The first-order valence-corrected chi connectivity index (χ1v) is 6.55. The third kappa shape index (κ3) is 1.94. The molecule has 3 nitrogen and oxygen atoms in total. The molecule has 1 unspecified atom stereocenters. The molecule has 0 saturated heterocycles. The Morgan fingerprint density at radius 2 is 1.95 bits per heavy atom. The van der Waals surface area contributed by atoms with Crippen molar-refractivity contribution in [2.45, 2.75) is 19.8 Å². The van der Waals surface area contributed by atoms with Gasteiger partial charge >= 0.3 is 5.97 Å². The van der Waals surface area contributed by atoms with Gasteiger partial charge in [-0.2, -0.15) is 0 Å². The number of esters is 1. The van der Waals surface area contributed by atoms with E-state index in [4.69, 9.17) is 16.3 Å². The third-order valence-corrected chi connectivity index (χ3v) is 4.02. The number of hydrogen-bond acceptors (Lipinski definition) is 3. The van der Waals surface area contributed by atoms with Gasteiger partial charge in [0.1, 0.15) is 12.3 Å². The van der Waals surface area contributed by atoms with Crippen molar-refractivity contribution in [2.24, 2.45) is 0 Å². The van der Waals surface area contributed by atoms with E-state index in [9.17, 15) is 4.79 Å². The fourth-order valence-electron chi connectivity index (χ4n) is 2.65. The van der Waals surface area contributed by atoms with Crippen molar-refractivity contribution in [3.8, 4) is 0 Å². The van der Waals surface area contributed by atoms with Gasteiger partial charge in [-0.3, -0.25) is 0 Å². The molecule has 1 aromatic carbocycles. The maximum absolute atomic E-state index is 11.7. The second-order valence-electron chi connectivity index (χ2n) is 4.89. The molecule has 2 aliphatic rings. The van der Waals surface area contributed by atoms with Crippen LogP contribution in [0.2, 0.25) is 5.02 Å². The number of benzene rings is 1. The van der Waals surface area contributed by atoms with Gasteiger partial charge in [0.25, 0.3) is 0 Å². The van der Waals surface area contributed by atoms with E-state index < -0.39 is 0 Å². The molecule has 0 aliphatic carbocycles. The number of ether oxygens (including phenoxy) is 1. The summed E-state index contributed by atoms with van der Waals surface area (Å²) in [5.74, 6) is -0.166. The molecule has 4 heteroatoms. The molecule has 3 rings (SSSR count). The number of halogens is 1. The lowest BCUT2D eigenvalue weighted by atomic mass is 9.82. The van der Waals surface area contributed by atoms with Crippen LogP contribution in [0.25, 0.3) is 0 Å². The summed E-state index contributed by atoms with van der Waals surface area (Å²) in [6, 6.07) is 7.75. The Kier molecular flexibility index (Phi) is 2.86. The summed E-state index contributed by atoms with van der Waals surface area (Å²) < 4.78 is 5.14. The second kappa shape index (κ2) is 4.42. The van der Waals surface area contributed by atoms with Gasteiger partial charge in [0.15, 0.2) is 0 Å². The van der Waals surface area contributed by atoms with E-state index in [0.29, 0.717) is 17.3 Å². The Morgan fingerprint density at radius 3 is 2.63 bits per heavy atom. The average molecular weight is 276 g/mol. The summed E-state index contributed by atoms with van der Waals surface area (Å²) in [6.45, 7) is 4.42. The first kappa shape index (κ1) is 12.3. The molecule has 0 amide bonds. The highest BCUT2D eigenvalue weighted by atomic mass is 35.5. The van der Waals surface area contributed by atoms with Crippen LogP contribution in [0.15, 0.2) is 46.8 Å². The Bertz CT molecular complexity index is 614. The van der Waals surface area contributed by atoms with Gasteiger partial charge in [-0.15, -0.1) is 0 Å². The standard InChI is InChI=1S/C15H14ClNO2/c1-8-9(2)17-14-12(7-19-15(14)18)13(8)10-3-5-11(16)6-4-10/h3-6,13,17H,7H2,1-2H3. The number of allylic oxidation sites excluding steroid dienone is 2. The number of carbonyl (C=O) groups is 1. The van der Waals surface area contributed by atoms with E-state index in [2.05, 4.69) is 12.2 Å². The van der Waals surface area contributed by atoms with E-state index in [1.54, 1.807) is 0 Å². The summed E-state index contributed by atoms with van der Waals surface area (Å²) in [4.78, 5) is 11.7. The van der Waals surface area contributed by atoms with Crippen LogP contribution < -0.4 is 5.32 Å². The van der Waals surface area contributed by atoms with E-state index >= 15 is 0 Å². The minimum Gasteiger partial charge on any atom is -0.456 e. The van der Waals surface area contributed by atoms with Crippen molar-refractivity contribution < 1.29 is 9.53 Å². The van der Waals surface area contributed by atoms with Crippen molar-refractivity contribution in [3.05, 3.63) is 57.4 Å². The van der Waals surface area contributed by atoms with Gasteiger partial charge in [0, 0.05) is 22.2 Å². The van der Waals surface area contributed by atoms with Crippen LogP contribution in [0.5, 0.6) is 0 Å². The fourth-order valence-corrected chi connectivity index (χ4v) is 2.77. The number of nitrogens with one attached hydrogen (secondary N) is 1. The molecule has 19 heavy (non-hydrogen) atoms. The zero-order valence-electron chi connectivity index (χ0n) is 10.8. The van der Waals surface area contributed by atoms with Crippen molar-refractivity contribution in [1.82, 2.24) is 5.32 Å². The lowest BCUT2D eigenvalue weighted by molar-refractivity contribution is -0.136. The molecule has 1 aromatic rings. The largest absolute Gasteiger partial charge is 0.456 e. The summed E-state index contributed by atoms with van der Waals surface area (Å²) in [6.07, 6.45) is 0. The Hall–Kier alpha value is -1.74. The summed E-state index contributed by atoms with van der Waals surface area (Å²) in [5.41, 5.74) is 4.96. The first-order valence-electron chi connectivity index (χ1n) is 6.18. The predicted molar refractivity (Wildman–Crippen MR) is 73.7 cm³/mol. The maximum Gasteiger partial charge on any atom is 0.355 e. The van der Waals surface area contributed by atoms with E-state index in [1.165, 1.54) is 5.57 Å². The van der Waals surface area contributed by atoms with E-state index in [-0.39, 0.29) is 11.9 Å². The summed E-state index contributed by atoms with van der Waals surface area (Å²) in [7, 11) is 0. The molecule has 0 radical (unpaired) electrons. The molecular formula is C15H14ClNO2. The zero-order chi connectivity index (χ0) is 13.6. The lowest BCUT2D eigenvalue weighted by Gasteiger charge is -2.27. The van der Waals surface area contributed by atoms with Crippen LogP contribution in [-0.4, -0.2) is 12.6 Å². The molecule has 1 N–H and O–H groups in total. The van der Waals surface area contributed by atoms with Crippen molar-refractivity contribution in [3.63, 3.8) is 0 Å². The average Bonchev–Trinajstić information content (AvgIpc) is 2.74. The molecule has 2 aliphatic heterocycles. The Balaban J connectivity index is 2.10. The van der Waals surface area contributed by atoms with Crippen LogP contribution >= 0.6 is 11.6 Å². The first-order chi connectivity index (χ1) is 9.08. The van der Waals surface area contributed by atoms with Gasteiger partial charge in [-0.1, -0.05) is 23.7 Å². The SMILES string of the molecule is CC1=C(C)C(c2ccc(Cl)cc2)C2=C(N1)C(=O)OC2. The monoisotopic (exact) mass is 275 g/mol. The van der Waals surface area contributed by atoms with Crippen molar-refractivity contribution in [1.29, 1.82) is 0 Å². The topological polar surface area (TPSA) is 38.3 Å². The molecule has 98 valence electrons. The van der Waals surface area contributed by atoms with Gasteiger partial charge in [0.2, 0.25) is 0 Å². The van der Waals surface area contributed by atoms with Gasteiger partial charge in [-0.25, -0.2) is 4.79 Å². The van der Waals surface area contributed by atoms with Gasteiger partial charge in [0.05, 0.1) is 0 Å². The normalized spacial score (nSPS) is 22.3. The second-order valence-corrected chi connectivity index (χ2v) is 5.33. The molecule has 0 saturated carbocycles. The van der Waals surface area contributed by atoms with Crippen LogP contribution in [0.1, 0.15) is 25.3 Å². The summed E-state index contributed by atoms with van der Waals surface area (Å²) in [5, 5.41) is 3.86. The lowest BCUT2D eigenvalue weighted by Crippen LogP contribution is -2.25. The Labute approximate surface area is 116 Å². The fraction of sp³-hybridized carbons (Fsp3) is 0.267. The minimum absolute atomic E-state index is 0.0972. The van der Waals surface area contributed by atoms with Crippen LogP contribution in [-0.2, 0) is 9.53 Å². The molecule has 0 aromatic heterocycles. The molecule has 2 heterocycles. The third-order valence-electron chi connectivity index (χ3n) is 3.77. The number of dihydropyridines is 1. The smallest absolute Gasteiger partial charge is 0.355 e. The van der Waals surface area contributed by atoms with Gasteiger partial charge in [-0.05, 0) is 37.1 Å². The number of hydrogen-bond donors (Lipinski definition) is 1. The number of cyclic esters (lactones) is 1. The van der Waals surface area contributed by atoms with Crippen molar-refractivity contribution >= 4 is 17.6 Å². The van der Waals surface area contributed by atoms with Crippen molar-refractivity contribution in [2.75, 3.05) is 6.61 Å². The highest BCUT2D eigenvalue weighted by molar-refractivity contribution is 6.30.